The van der Waals surface area contributed by atoms with Gasteiger partial charge in [-0.1, -0.05) is 6.92 Å². The summed E-state index contributed by atoms with van der Waals surface area (Å²) in [6.45, 7) is 6.31. The van der Waals surface area contributed by atoms with Crippen molar-refractivity contribution in [1.29, 1.82) is 0 Å². The van der Waals surface area contributed by atoms with Gasteiger partial charge in [0.05, 0.1) is 0 Å². The predicted molar refractivity (Wildman–Crippen MR) is 99.8 cm³/mol. The van der Waals surface area contributed by atoms with Crippen LogP contribution in [0.2, 0.25) is 0 Å². The van der Waals surface area contributed by atoms with Crippen molar-refractivity contribution < 1.29 is 9.18 Å². The van der Waals surface area contributed by atoms with Crippen LogP contribution in [0, 0.1) is 5.82 Å². The summed E-state index contributed by atoms with van der Waals surface area (Å²) in [4.78, 5) is 27.9. The molecular weight excluding hydrogens is 333 g/mol. The fourth-order valence-corrected chi connectivity index (χ4v) is 3.04. The standard InChI is InChI=1S/C19H24FN5O/c1-4-24-9-11-25(12-10-24)19(26)16-13-21-17(22-18(16)23(2)3)14-5-7-15(20)8-6-14/h5-8,13H,4,9-12H2,1-3H3. The third kappa shape index (κ3) is 3.83. The van der Waals surface area contributed by atoms with Crippen molar-refractivity contribution in [2.24, 2.45) is 0 Å². The smallest absolute Gasteiger partial charge is 0.259 e. The van der Waals surface area contributed by atoms with Crippen molar-refractivity contribution in [3.63, 3.8) is 0 Å². The van der Waals surface area contributed by atoms with Gasteiger partial charge < -0.3 is 14.7 Å². The van der Waals surface area contributed by atoms with Gasteiger partial charge in [0.2, 0.25) is 0 Å². The maximum Gasteiger partial charge on any atom is 0.259 e. The lowest BCUT2D eigenvalue weighted by molar-refractivity contribution is 0.0643. The molecule has 0 bridgehead atoms. The molecule has 0 unspecified atom stereocenters. The number of hydrogen-bond donors (Lipinski definition) is 0. The number of carbonyl (C=O) groups is 1. The summed E-state index contributed by atoms with van der Waals surface area (Å²) < 4.78 is 13.1. The molecule has 1 amide bonds. The summed E-state index contributed by atoms with van der Waals surface area (Å²) in [5, 5.41) is 0. The fourth-order valence-electron chi connectivity index (χ4n) is 3.04. The average molecular weight is 357 g/mol. The summed E-state index contributed by atoms with van der Waals surface area (Å²) in [5.74, 6) is 0.693. The molecular formula is C19H24FN5O. The SMILES string of the molecule is CCN1CCN(C(=O)c2cnc(-c3ccc(F)cc3)nc2N(C)C)CC1. The second-order valence-electron chi connectivity index (χ2n) is 6.56. The highest BCUT2D eigenvalue weighted by atomic mass is 19.1. The summed E-state index contributed by atoms with van der Waals surface area (Å²) in [6, 6.07) is 6.02. The number of hydrogen-bond acceptors (Lipinski definition) is 5. The van der Waals surface area contributed by atoms with Gasteiger partial charge in [-0.2, -0.15) is 0 Å². The molecule has 3 rings (SSSR count). The third-order valence-corrected chi connectivity index (χ3v) is 4.63. The molecule has 7 heteroatoms. The first-order valence-electron chi connectivity index (χ1n) is 8.81. The van der Waals surface area contributed by atoms with E-state index < -0.39 is 0 Å². The van der Waals surface area contributed by atoms with E-state index in [1.54, 1.807) is 18.3 Å². The summed E-state index contributed by atoms with van der Waals surface area (Å²) in [7, 11) is 3.70. The average Bonchev–Trinajstić information content (AvgIpc) is 2.67. The third-order valence-electron chi connectivity index (χ3n) is 4.63. The number of benzene rings is 1. The topological polar surface area (TPSA) is 52.6 Å². The maximum absolute atomic E-state index is 13.1. The van der Waals surface area contributed by atoms with E-state index in [0.717, 1.165) is 19.6 Å². The van der Waals surface area contributed by atoms with Gasteiger partial charge in [-0.3, -0.25) is 4.79 Å². The Labute approximate surface area is 153 Å². The molecule has 1 aromatic carbocycles. The minimum absolute atomic E-state index is 0.0462. The number of likely N-dealkylation sites (N-methyl/N-ethyl adjacent to an activating group) is 1. The number of carbonyl (C=O) groups excluding carboxylic acids is 1. The number of amides is 1. The minimum atomic E-state index is -0.306. The molecule has 6 nitrogen and oxygen atoms in total. The highest BCUT2D eigenvalue weighted by molar-refractivity contribution is 5.99. The van der Waals surface area contributed by atoms with Gasteiger partial charge in [-0.05, 0) is 30.8 Å². The van der Waals surface area contributed by atoms with E-state index in [2.05, 4.69) is 21.8 Å². The summed E-state index contributed by atoms with van der Waals surface area (Å²) in [6.07, 6.45) is 1.58. The van der Waals surface area contributed by atoms with Crippen molar-refractivity contribution in [3.05, 3.63) is 41.8 Å². The molecule has 0 N–H and O–H groups in total. The van der Waals surface area contributed by atoms with Gasteiger partial charge in [0, 0.05) is 52.0 Å². The Bertz CT molecular complexity index is 770. The number of piperazine rings is 1. The highest BCUT2D eigenvalue weighted by Crippen LogP contribution is 2.23. The fraction of sp³-hybridized carbons (Fsp3) is 0.421. The zero-order chi connectivity index (χ0) is 18.7. The summed E-state index contributed by atoms with van der Waals surface area (Å²) in [5.41, 5.74) is 1.20. The van der Waals surface area contributed by atoms with E-state index in [4.69, 9.17) is 0 Å². The van der Waals surface area contributed by atoms with Crippen molar-refractivity contribution in [2.75, 3.05) is 51.7 Å². The summed E-state index contributed by atoms with van der Waals surface area (Å²) >= 11 is 0. The Balaban J connectivity index is 1.87. The molecule has 0 saturated carbocycles. The number of nitrogens with zero attached hydrogens (tertiary/aromatic N) is 5. The van der Waals surface area contributed by atoms with Crippen molar-refractivity contribution in [3.8, 4) is 11.4 Å². The van der Waals surface area contributed by atoms with E-state index in [-0.39, 0.29) is 11.7 Å². The van der Waals surface area contributed by atoms with Crippen LogP contribution in [0.15, 0.2) is 30.5 Å². The van der Waals surface area contributed by atoms with Crippen LogP contribution in [0.5, 0.6) is 0 Å². The largest absolute Gasteiger partial charge is 0.362 e. The lowest BCUT2D eigenvalue weighted by Crippen LogP contribution is -2.48. The van der Waals surface area contributed by atoms with Crippen molar-refractivity contribution in [1.82, 2.24) is 19.8 Å². The molecule has 2 heterocycles. The van der Waals surface area contributed by atoms with Crippen LogP contribution in [0.3, 0.4) is 0 Å². The lowest BCUT2D eigenvalue weighted by Gasteiger charge is -2.34. The molecule has 138 valence electrons. The van der Waals surface area contributed by atoms with Gasteiger partial charge in [0.1, 0.15) is 17.2 Å². The van der Waals surface area contributed by atoms with Crippen molar-refractivity contribution >= 4 is 11.7 Å². The van der Waals surface area contributed by atoms with E-state index >= 15 is 0 Å². The van der Waals surface area contributed by atoms with Crippen LogP contribution in [0.1, 0.15) is 17.3 Å². The Kier molecular flexibility index (Phi) is 5.46. The van der Waals surface area contributed by atoms with Crippen LogP contribution >= 0.6 is 0 Å². The lowest BCUT2D eigenvalue weighted by atomic mass is 10.2. The molecule has 0 atom stereocenters. The molecule has 26 heavy (non-hydrogen) atoms. The van der Waals surface area contributed by atoms with Gasteiger partial charge >= 0.3 is 0 Å². The van der Waals surface area contributed by atoms with Crippen LogP contribution in [-0.2, 0) is 0 Å². The van der Waals surface area contributed by atoms with Crippen LogP contribution in [0.25, 0.3) is 11.4 Å². The number of halogens is 1. The maximum atomic E-state index is 13.1. The molecule has 1 aromatic heterocycles. The second-order valence-corrected chi connectivity index (χ2v) is 6.56. The second kappa shape index (κ2) is 7.78. The Hall–Kier alpha value is -2.54. The van der Waals surface area contributed by atoms with Gasteiger partial charge in [-0.25, -0.2) is 14.4 Å². The van der Waals surface area contributed by atoms with Crippen molar-refractivity contribution in [2.45, 2.75) is 6.92 Å². The molecule has 1 fully saturated rings. The number of anilines is 1. The molecule has 0 radical (unpaired) electrons. The van der Waals surface area contributed by atoms with E-state index in [1.165, 1.54) is 12.1 Å². The zero-order valence-electron chi connectivity index (χ0n) is 15.4. The highest BCUT2D eigenvalue weighted by Gasteiger charge is 2.25. The van der Waals surface area contributed by atoms with E-state index in [9.17, 15) is 9.18 Å². The van der Waals surface area contributed by atoms with E-state index in [0.29, 0.717) is 35.9 Å². The zero-order valence-corrected chi connectivity index (χ0v) is 15.4. The molecule has 1 aliphatic rings. The predicted octanol–water partition coefficient (Wildman–Crippen LogP) is 2.13. The first kappa shape index (κ1) is 18.3. The number of rotatable bonds is 4. The molecule has 1 saturated heterocycles. The van der Waals surface area contributed by atoms with Gasteiger partial charge in [-0.15, -0.1) is 0 Å². The van der Waals surface area contributed by atoms with Crippen LogP contribution in [-0.4, -0.2) is 72.5 Å². The molecule has 2 aromatic rings. The first-order chi connectivity index (χ1) is 12.5. The first-order valence-corrected chi connectivity index (χ1v) is 8.81. The Morgan fingerprint density at radius 3 is 2.38 bits per heavy atom. The molecule has 0 spiro atoms. The Morgan fingerprint density at radius 1 is 1.15 bits per heavy atom. The number of aromatic nitrogens is 2. The van der Waals surface area contributed by atoms with Crippen LogP contribution < -0.4 is 4.90 Å². The monoisotopic (exact) mass is 357 g/mol. The van der Waals surface area contributed by atoms with Crippen LogP contribution in [0.4, 0.5) is 10.2 Å². The van der Waals surface area contributed by atoms with E-state index in [1.807, 2.05) is 23.9 Å². The Morgan fingerprint density at radius 2 is 1.81 bits per heavy atom. The molecule has 0 aliphatic carbocycles. The minimum Gasteiger partial charge on any atom is -0.362 e. The molecule has 1 aliphatic heterocycles. The quantitative estimate of drug-likeness (QED) is 0.839. The normalized spacial score (nSPS) is 15.2. The van der Waals surface area contributed by atoms with Gasteiger partial charge in [0.25, 0.3) is 5.91 Å². The van der Waals surface area contributed by atoms with Gasteiger partial charge in [0.15, 0.2) is 5.82 Å².